The molecule has 0 heterocycles. The number of nitrogens with zero attached hydrogens (tertiary/aromatic N) is 1. The van der Waals surface area contributed by atoms with Crippen LogP contribution in [0.2, 0.25) is 5.02 Å². The molecule has 0 amide bonds. The van der Waals surface area contributed by atoms with Crippen LogP contribution in [0.4, 0.5) is 0 Å². The van der Waals surface area contributed by atoms with Crippen LogP contribution in [0.25, 0.3) is 0 Å². The van der Waals surface area contributed by atoms with Crippen LogP contribution in [0.15, 0.2) is 59.6 Å². The second-order valence-electron chi connectivity index (χ2n) is 5.43. The van der Waals surface area contributed by atoms with Crippen LogP contribution in [0.1, 0.15) is 30.6 Å². The van der Waals surface area contributed by atoms with Crippen LogP contribution in [0.3, 0.4) is 0 Å². The molecule has 0 aliphatic rings. The van der Waals surface area contributed by atoms with E-state index in [4.69, 9.17) is 11.6 Å². The number of halogens is 1. The number of benzene rings is 2. The van der Waals surface area contributed by atoms with Gasteiger partial charge in [0.2, 0.25) is 0 Å². The van der Waals surface area contributed by atoms with Crippen molar-refractivity contribution < 1.29 is 5.11 Å². The Morgan fingerprint density at radius 2 is 1.79 bits per heavy atom. The fraction of sp³-hybridized carbons (Fsp3) is 0.316. The third-order valence-electron chi connectivity index (χ3n) is 3.60. The van der Waals surface area contributed by atoms with E-state index in [1.807, 2.05) is 61.5 Å². The van der Waals surface area contributed by atoms with Gasteiger partial charge >= 0.3 is 0 Å². The van der Waals surface area contributed by atoms with Gasteiger partial charge in [-0.1, -0.05) is 60.1 Å². The molecule has 2 aromatic rings. The van der Waals surface area contributed by atoms with E-state index in [9.17, 15) is 5.11 Å². The zero-order valence-electron chi connectivity index (χ0n) is 13.9. The zero-order chi connectivity index (χ0) is 17.2. The van der Waals surface area contributed by atoms with E-state index in [0.717, 1.165) is 28.7 Å². The maximum Gasteiger partial charge on any atom is 0.191 e. The maximum atomic E-state index is 10.2. The Morgan fingerprint density at radius 1 is 1.08 bits per heavy atom. The number of aliphatic hydroxyl groups is 1. The molecule has 0 radical (unpaired) electrons. The van der Waals surface area contributed by atoms with E-state index in [2.05, 4.69) is 15.6 Å². The molecule has 24 heavy (non-hydrogen) atoms. The molecule has 1 unspecified atom stereocenters. The molecule has 0 spiro atoms. The third-order valence-corrected chi connectivity index (χ3v) is 3.97. The number of nitrogens with one attached hydrogen (secondary N) is 2. The molecular formula is C19H24ClN3O. The van der Waals surface area contributed by atoms with Gasteiger partial charge in [-0.25, -0.2) is 4.99 Å². The Balaban J connectivity index is 1.87. The molecule has 0 saturated carbocycles. The lowest BCUT2D eigenvalue weighted by atomic mass is 10.1. The van der Waals surface area contributed by atoms with Gasteiger partial charge in [0.1, 0.15) is 0 Å². The van der Waals surface area contributed by atoms with Crippen molar-refractivity contribution in [1.29, 1.82) is 0 Å². The lowest BCUT2D eigenvalue weighted by Gasteiger charge is -2.14. The van der Waals surface area contributed by atoms with Gasteiger partial charge in [-0.05, 0) is 30.5 Å². The molecule has 0 aromatic heterocycles. The van der Waals surface area contributed by atoms with Crippen molar-refractivity contribution in [3.8, 4) is 0 Å². The lowest BCUT2D eigenvalue weighted by Crippen LogP contribution is -2.38. The largest absolute Gasteiger partial charge is 0.388 e. The van der Waals surface area contributed by atoms with Crippen molar-refractivity contribution in [2.45, 2.75) is 26.0 Å². The van der Waals surface area contributed by atoms with Crippen molar-refractivity contribution in [3.05, 3.63) is 70.7 Å². The minimum absolute atomic E-state index is 0.481. The fourth-order valence-corrected chi connectivity index (χ4v) is 2.50. The van der Waals surface area contributed by atoms with Crippen molar-refractivity contribution in [3.63, 3.8) is 0 Å². The van der Waals surface area contributed by atoms with E-state index >= 15 is 0 Å². The van der Waals surface area contributed by atoms with Gasteiger partial charge in [0.25, 0.3) is 0 Å². The topological polar surface area (TPSA) is 56.7 Å². The Hall–Kier alpha value is -2.04. The van der Waals surface area contributed by atoms with Gasteiger partial charge in [-0.3, -0.25) is 0 Å². The molecule has 128 valence electrons. The number of guanidine groups is 1. The first kappa shape index (κ1) is 18.3. The molecule has 2 aromatic carbocycles. The number of aliphatic imine (C=N–C) groups is 1. The summed E-state index contributed by atoms with van der Waals surface area (Å²) < 4.78 is 0. The fourth-order valence-electron chi connectivity index (χ4n) is 2.30. The molecule has 2 rings (SSSR count). The standard InChI is InChI=1S/C19H24ClN3O/c1-2-21-19(23-14-16-10-6-7-11-17(16)20)22-13-12-18(24)15-8-4-3-5-9-15/h3-11,18,24H,2,12-14H2,1H3,(H2,21,22,23). The van der Waals surface area contributed by atoms with E-state index in [1.165, 1.54) is 0 Å². The van der Waals surface area contributed by atoms with Gasteiger partial charge in [0, 0.05) is 18.1 Å². The quantitative estimate of drug-likeness (QED) is 0.531. The summed E-state index contributed by atoms with van der Waals surface area (Å²) in [5, 5.41) is 17.4. The predicted molar refractivity (Wildman–Crippen MR) is 100 cm³/mol. The first-order chi connectivity index (χ1) is 11.7. The van der Waals surface area contributed by atoms with Crippen molar-refractivity contribution in [2.75, 3.05) is 13.1 Å². The molecule has 0 aliphatic carbocycles. The lowest BCUT2D eigenvalue weighted by molar-refractivity contribution is 0.168. The van der Waals surface area contributed by atoms with Crippen LogP contribution < -0.4 is 10.6 Å². The highest BCUT2D eigenvalue weighted by molar-refractivity contribution is 6.31. The number of aliphatic hydroxyl groups excluding tert-OH is 1. The summed E-state index contributed by atoms with van der Waals surface area (Å²) in [6.45, 7) is 3.93. The summed E-state index contributed by atoms with van der Waals surface area (Å²) in [5.74, 6) is 0.720. The Bertz CT molecular complexity index is 646. The zero-order valence-corrected chi connectivity index (χ0v) is 14.6. The molecule has 0 aliphatic heterocycles. The van der Waals surface area contributed by atoms with Crippen LogP contribution in [-0.2, 0) is 6.54 Å². The van der Waals surface area contributed by atoms with Gasteiger partial charge in [-0.15, -0.1) is 0 Å². The van der Waals surface area contributed by atoms with E-state index in [-0.39, 0.29) is 0 Å². The molecular weight excluding hydrogens is 322 g/mol. The van der Waals surface area contributed by atoms with Crippen LogP contribution in [0.5, 0.6) is 0 Å². The molecule has 0 saturated heterocycles. The highest BCUT2D eigenvalue weighted by atomic mass is 35.5. The van der Waals surface area contributed by atoms with Crippen molar-refractivity contribution in [2.24, 2.45) is 4.99 Å². The van der Waals surface area contributed by atoms with Gasteiger partial charge in [-0.2, -0.15) is 0 Å². The van der Waals surface area contributed by atoms with Crippen molar-refractivity contribution in [1.82, 2.24) is 10.6 Å². The highest BCUT2D eigenvalue weighted by Crippen LogP contribution is 2.16. The van der Waals surface area contributed by atoms with Crippen LogP contribution in [0, 0.1) is 0 Å². The van der Waals surface area contributed by atoms with E-state index < -0.39 is 6.10 Å². The highest BCUT2D eigenvalue weighted by Gasteiger charge is 2.07. The van der Waals surface area contributed by atoms with Crippen molar-refractivity contribution >= 4 is 17.6 Å². The Morgan fingerprint density at radius 3 is 2.50 bits per heavy atom. The SMILES string of the molecule is CCNC(=NCc1ccccc1Cl)NCCC(O)c1ccccc1. The summed E-state index contributed by atoms with van der Waals surface area (Å²) in [5.41, 5.74) is 1.91. The molecule has 5 heteroatoms. The number of hydrogen-bond acceptors (Lipinski definition) is 2. The summed E-state index contributed by atoms with van der Waals surface area (Å²) in [4.78, 5) is 4.54. The molecule has 4 nitrogen and oxygen atoms in total. The summed E-state index contributed by atoms with van der Waals surface area (Å²) in [7, 11) is 0. The average molecular weight is 346 g/mol. The van der Waals surface area contributed by atoms with Crippen LogP contribution >= 0.6 is 11.6 Å². The first-order valence-corrected chi connectivity index (χ1v) is 8.57. The minimum atomic E-state index is -0.481. The van der Waals surface area contributed by atoms with Gasteiger partial charge in [0.05, 0.1) is 12.6 Å². The second kappa shape index (κ2) is 9.96. The third kappa shape index (κ3) is 5.87. The summed E-state index contributed by atoms with van der Waals surface area (Å²) >= 11 is 6.16. The number of hydrogen-bond donors (Lipinski definition) is 3. The van der Waals surface area contributed by atoms with E-state index in [0.29, 0.717) is 19.5 Å². The van der Waals surface area contributed by atoms with Gasteiger partial charge < -0.3 is 15.7 Å². The molecule has 0 bridgehead atoms. The Kier molecular flexibility index (Phi) is 7.59. The second-order valence-corrected chi connectivity index (χ2v) is 5.84. The molecule has 1 atom stereocenters. The smallest absolute Gasteiger partial charge is 0.191 e. The normalized spacial score (nSPS) is 12.7. The van der Waals surface area contributed by atoms with Crippen LogP contribution in [-0.4, -0.2) is 24.2 Å². The van der Waals surface area contributed by atoms with Gasteiger partial charge in [0.15, 0.2) is 5.96 Å². The molecule has 3 N–H and O–H groups in total. The Labute approximate surface area is 148 Å². The molecule has 0 fully saturated rings. The predicted octanol–water partition coefficient (Wildman–Crippen LogP) is 3.52. The number of rotatable bonds is 7. The van der Waals surface area contributed by atoms with E-state index in [1.54, 1.807) is 0 Å². The maximum absolute atomic E-state index is 10.2. The summed E-state index contributed by atoms with van der Waals surface area (Å²) in [6.07, 6.45) is 0.130. The minimum Gasteiger partial charge on any atom is -0.388 e. The average Bonchev–Trinajstić information content (AvgIpc) is 2.61. The first-order valence-electron chi connectivity index (χ1n) is 8.19. The monoisotopic (exact) mass is 345 g/mol. The summed E-state index contributed by atoms with van der Waals surface area (Å²) in [6, 6.07) is 17.4.